The highest BCUT2D eigenvalue weighted by Gasteiger charge is 2.27. The number of anilines is 1. The Labute approximate surface area is 213 Å². The molecule has 3 heterocycles. The number of benzene rings is 1. The van der Waals surface area contributed by atoms with Gasteiger partial charge in [0.1, 0.15) is 23.1 Å². The summed E-state index contributed by atoms with van der Waals surface area (Å²) >= 11 is 7.55. The summed E-state index contributed by atoms with van der Waals surface area (Å²) in [4.78, 5) is 35.2. The van der Waals surface area contributed by atoms with Gasteiger partial charge in [-0.1, -0.05) is 29.8 Å². The predicted molar refractivity (Wildman–Crippen MR) is 136 cm³/mol. The van der Waals surface area contributed by atoms with Crippen molar-refractivity contribution in [2.75, 3.05) is 18.4 Å². The molecule has 1 aromatic carbocycles. The lowest BCUT2D eigenvalue weighted by atomic mass is 10.1. The summed E-state index contributed by atoms with van der Waals surface area (Å²) in [6.07, 6.45) is 2.59. The van der Waals surface area contributed by atoms with Gasteiger partial charge in [-0.05, 0) is 39.0 Å². The quantitative estimate of drug-likeness (QED) is 0.456. The highest BCUT2D eigenvalue weighted by atomic mass is 35.5. The van der Waals surface area contributed by atoms with E-state index >= 15 is 0 Å². The molecule has 1 saturated heterocycles. The zero-order valence-electron chi connectivity index (χ0n) is 19.8. The van der Waals surface area contributed by atoms with Gasteiger partial charge < -0.3 is 14.4 Å². The minimum atomic E-state index is -0.512. The first kappa shape index (κ1) is 24.9. The lowest BCUT2D eigenvalue weighted by Crippen LogP contribution is -2.44. The van der Waals surface area contributed by atoms with E-state index in [1.165, 1.54) is 17.5 Å². The van der Waals surface area contributed by atoms with Crippen molar-refractivity contribution in [1.29, 1.82) is 0 Å². The van der Waals surface area contributed by atoms with Gasteiger partial charge >= 0.3 is 6.09 Å². The van der Waals surface area contributed by atoms with Crippen molar-refractivity contribution in [1.82, 2.24) is 14.9 Å². The summed E-state index contributed by atoms with van der Waals surface area (Å²) < 4.78 is 11.4. The molecule has 2 aromatic heterocycles. The standard InChI is InChI=1S/C25H27ClN4O4S/c1-25(2,3)34-24(32)30-12-10-16(11-13-30)33-17-8-9-20(27-14-17)22(31)29-23-28-21(15-35-23)18-6-4-5-7-19(18)26/h4-9,14-16H,10-13H2,1-3H3,(H,28,29,31). The second-order valence-corrected chi connectivity index (χ2v) is 10.4. The van der Waals surface area contributed by atoms with Crippen LogP contribution in [0.5, 0.6) is 5.75 Å². The molecule has 0 aliphatic carbocycles. The van der Waals surface area contributed by atoms with Crippen molar-refractivity contribution >= 4 is 40.1 Å². The Morgan fingerprint density at radius 3 is 2.54 bits per heavy atom. The van der Waals surface area contributed by atoms with Crippen LogP contribution in [0.25, 0.3) is 11.3 Å². The van der Waals surface area contributed by atoms with E-state index in [1.807, 2.05) is 44.4 Å². The van der Waals surface area contributed by atoms with Crippen LogP contribution in [0, 0.1) is 0 Å². The van der Waals surface area contributed by atoms with Gasteiger partial charge in [0.05, 0.1) is 11.9 Å². The fraction of sp³-hybridized carbons (Fsp3) is 0.360. The van der Waals surface area contributed by atoms with E-state index in [1.54, 1.807) is 23.1 Å². The number of halogens is 1. The van der Waals surface area contributed by atoms with Crippen molar-refractivity contribution in [3.05, 3.63) is 58.7 Å². The average Bonchev–Trinajstić information content (AvgIpc) is 3.27. The molecule has 4 rings (SSSR count). The minimum Gasteiger partial charge on any atom is -0.489 e. The monoisotopic (exact) mass is 514 g/mol. The Hall–Kier alpha value is -3.17. The first-order chi connectivity index (χ1) is 16.7. The number of nitrogens with zero attached hydrogens (tertiary/aromatic N) is 3. The van der Waals surface area contributed by atoms with Gasteiger partial charge in [-0.25, -0.2) is 14.8 Å². The van der Waals surface area contributed by atoms with Crippen LogP contribution < -0.4 is 10.1 Å². The second kappa shape index (κ2) is 10.6. The smallest absolute Gasteiger partial charge is 0.410 e. The van der Waals surface area contributed by atoms with Crippen LogP contribution in [-0.4, -0.2) is 51.7 Å². The molecule has 2 amide bonds. The van der Waals surface area contributed by atoms with E-state index in [0.717, 1.165) is 5.56 Å². The third-order valence-corrected chi connectivity index (χ3v) is 6.33. The number of carbonyl (C=O) groups is 2. The van der Waals surface area contributed by atoms with Gasteiger partial charge in [0.15, 0.2) is 5.13 Å². The summed E-state index contributed by atoms with van der Waals surface area (Å²) in [6, 6.07) is 10.8. The molecule has 8 nitrogen and oxygen atoms in total. The fourth-order valence-electron chi connectivity index (χ4n) is 3.54. The summed E-state index contributed by atoms with van der Waals surface area (Å²) in [5, 5.41) is 5.68. The van der Waals surface area contributed by atoms with E-state index < -0.39 is 5.60 Å². The third-order valence-electron chi connectivity index (χ3n) is 5.24. The molecule has 1 fully saturated rings. The van der Waals surface area contributed by atoms with Crippen molar-refractivity contribution < 1.29 is 19.1 Å². The molecule has 1 aliphatic heterocycles. The molecule has 1 N–H and O–H groups in total. The van der Waals surface area contributed by atoms with Crippen LogP contribution in [0.1, 0.15) is 44.1 Å². The van der Waals surface area contributed by atoms with Crippen LogP contribution >= 0.6 is 22.9 Å². The van der Waals surface area contributed by atoms with Crippen molar-refractivity contribution in [2.45, 2.75) is 45.3 Å². The molecule has 184 valence electrons. The van der Waals surface area contributed by atoms with Gasteiger partial charge in [-0.3, -0.25) is 10.1 Å². The number of likely N-dealkylation sites (tertiary alicyclic amines) is 1. The molecule has 3 aromatic rings. The van der Waals surface area contributed by atoms with E-state index in [2.05, 4.69) is 15.3 Å². The Balaban J connectivity index is 1.28. The van der Waals surface area contributed by atoms with Gasteiger partial charge in [0, 0.05) is 41.9 Å². The summed E-state index contributed by atoms with van der Waals surface area (Å²) in [6.45, 7) is 6.70. The maximum atomic E-state index is 12.6. The minimum absolute atomic E-state index is 0.0336. The number of hydrogen-bond donors (Lipinski definition) is 1. The number of ether oxygens (including phenoxy) is 2. The normalized spacial score (nSPS) is 14.5. The molecular weight excluding hydrogens is 488 g/mol. The number of pyridine rings is 1. The number of rotatable bonds is 5. The number of hydrogen-bond acceptors (Lipinski definition) is 7. The third kappa shape index (κ3) is 6.70. The molecule has 1 aliphatic rings. The van der Waals surface area contributed by atoms with E-state index in [9.17, 15) is 9.59 Å². The molecule has 0 unspecified atom stereocenters. The van der Waals surface area contributed by atoms with Crippen LogP contribution in [0.15, 0.2) is 48.0 Å². The van der Waals surface area contributed by atoms with Gasteiger partial charge in [0.25, 0.3) is 5.91 Å². The summed E-state index contributed by atoms with van der Waals surface area (Å²) in [5.41, 5.74) is 1.25. The Bertz CT molecular complexity index is 1180. The SMILES string of the molecule is CC(C)(C)OC(=O)N1CCC(Oc2ccc(C(=O)Nc3nc(-c4ccccc4Cl)cs3)nc2)CC1. The lowest BCUT2D eigenvalue weighted by molar-refractivity contribution is 0.0126. The van der Waals surface area contributed by atoms with Crippen molar-refractivity contribution in [2.24, 2.45) is 0 Å². The molecule has 0 saturated carbocycles. The average molecular weight is 515 g/mol. The molecule has 0 spiro atoms. The number of carbonyl (C=O) groups excluding carboxylic acids is 2. The molecule has 10 heteroatoms. The Morgan fingerprint density at radius 1 is 1.14 bits per heavy atom. The maximum absolute atomic E-state index is 12.6. The lowest BCUT2D eigenvalue weighted by Gasteiger charge is -2.33. The Kier molecular flexibility index (Phi) is 7.57. The van der Waals surface area contributed by atoms with Gasteiger partial charge in [-0.15, -0.1) is 11.3 Å². The Morgan fingerprint density at radius 2 is 1.89 bits per heavy atom. The topological polar surface area (TPSA) is 93.6 Å². The van der Waals surface area contributed by atoms with Crippen LogP contribution in [0.2, 0.25) is 5.02 Å². The number of nitrogens with one attached hydrogen (secondary N) is 1. The van der Waals surface area contributed by atoms with E-state index in [0.29, 0.717) is 47.5 Å². The van der Waals surface area contributed by atoms with Crippen LogP contribution in [0.3, 0.4) is 0 Å². The maximum Gasteiger partial charge on any atom is 0.410 e. The molecule has 35 heavy (non-hydrogen) atoms. The molecule has 0 bridgehead atoms. The zero-order valence-corrected chi connectivity index (χ0v) is 21.4. The largest absolute Gasteiger partial charge is 0.489 e. The highest BCUT2D eigenvalue weighted by Crippen LogP contribution is 2.30. The molecule has 0 atom stereocenters. The van der Waals surface area contributed by atoms with Crippen molar-refractivity contribution in [3.8, 4) is 17.0 Å². The second-order valence-electron chi connectivity index (χ2n) is 9.14. The van der Waals surface area contributed by atoms with Crippen LogP contribution in [-0.2, 0) is 4.74 Å². The van der Waals surface area contributed by atoms with Crippen LogP contribution in [0.4, 0.5) is 9.93 Å². The zero-order chi connectivity index (χ0) is 25.0. The molecule has 0 radical (unpaired) electrons. The van der Waals surface area contributed by atoms with Gasteiger partial charge in [0.2, 0.25) is 0 Å². The first-order valence-corrected chi connectivity index (χ1v) is 12.6. The first-order valence-electron chi connectivity index (χ1n) is 11.3. The fourth-order valence-corrected chi connectivity index (χ4v) is 4.48. The number of thiazole rings is 1. The van der Waals surface area contributed by atoms with E-state index in [-0.39, 0.29) is 23.8 Å². The van der Waals surface area contributed by atoms with Crippen molar-refractivity contribution in [3.63, 3.8) is 0 Å². The number of aromatic nitrogens is 2. The predicted octanol–water partition coefficient (Wildman–Crippen LogP) is 5.89. The van der Waals surface area contributed by atoms with E-state index in [4.69, 9.17) is 21.1 Å². The number of piperidine rings is 1. The number of amides is 2. The van der Waals surface area contributed by atoms with Gasteiger partial charge in [-0.2, -0.15) is 0 Å². The highest BCUT2D eigenvalue weighted by molar-refractivity contribution is 7.14. The molecular formula is C25H27ClN4O4S. The summed E-state index contributed by atoms with van der Waals surface area (Å²) in [7, 11) is 0. The summed E-state index contributed by atoms with van der Waals surface area (Å²) in [5.74, 6) is 0.217.